The van der Waals surface area contributed by atoms with E-state index in [1.807, 2.05) is 13.8 Å². The van der Waals surface area contributed by atoms with Crippen LogP contribution >= 0.6 is 0 Å². The third-order valence-electron chi connectivity index (χ3n) is 4.20. The number of benzene rings is 1. The minimum atomic E-state index is -0.204. The summed E-state index contributed by atoms with van der Waals surface area (Å²) in [7, 11) is 2.16. The van der Waals surface area contributed by atoms with E-state index < -0.39 is 0 Å². The molecule has 1 atom stereocenters. The molecule has 4 nitrogen and oxygen atoms in total. The van der Waals surface area contributed by atoms with E-state index in [0.717, 1.165) is 31.7 Å². The van der Waals surface area contributed by atoms with Crippen LogP contribution in [0.1, 0.15) is 30.9 Å². The molecule has 116 valence electrons. The van der Waals surface area contributed by atoms with Crippen molar-refractivity contribution in [2.24, 2.45) is 0 Å². The van der Waals surface area contributed by atoms with Gasteiger partial charge in [0.1, 0.15) is 0 Å². The lowest BCUT2D eigenvalue weighted by atomic mass is 9.98. The van der Waals surface area contributed by atoms with Gasteiger partial charge in [0.15, 0.2) is 0 Å². The van der Waals surface area contributed by atoms with Crippen molar-refractivity contribution < 1.29 is 9.53 Å². The van der Waals surface area contributed by atoms with Gasteiger partial charge in [0.05, 0.1) is 12.5 Å². The first-order chi connectivity index (χ1) is 10.0. The average molecular weight is 290 g/mol. The lowest BCUT2D eigenvalue weighted by Crippen LogP contribution is -2.44. The molecule has 0 amide bonds. The second kappa shape index (κ2) is 6.94. The van der Waals surface area contributed by atoms with E-state index in [0.29, 0.717) is 6.61 Å². The SMILES string of the molecule is CCOC(=O)C(C)c1ccc(N2CCN(C)CC2)c(C)c1. The summed E-state index contributed by atoms with van der Waals surface area (Å²) in [5, 5.41) is 0. The van der Waals surface area contributed by atoms with Gasteiger partial charge in [-0.25, -0.2) is 0 Å². The van der Waals surface area contributed by atoms with E-state index in [1.165, 1.54) is 11.3 Å². The van der Waals surface area contributed by atoms with Crippen LogP contribution in [0, 0.1) is 6.92 Å². The van der Waals surface area contributed by atoms with Gasteiger partial charge in [0.2, 0.25) is 0 Å². The number of piperazine rings is 1. The number of hydrogen-bond donors (Lipinski definition) is 0. The molecule has 1 aromatic carbocycles. The fraction of sp³-hybridized carbons (Fsp3) is 0.588. The minimum Gasteiger partial charge on any atom is -0.466 e. The minimum absolute atomic E-state index is 0.149. The lowest BCUT2D eigenvalue weighted by Gasteiger charge is -2.35. The number of hydrogen-bond acceptors (Lipinski definition) is 4. The second-order valence-electron chi connectivity index (χ2n) is 5.81. The molecule has 0 aromatic heterocycles. The van der Waals surface area contributed by atoms with E-state index in [1.54, 1.807) is 0 Å². The molecular formula is C17H26N2O2. The smallest absolute Gasteiger partial charge is 0.313 e. The lowest BCUT2D eigenvalue weighted by molar-refractivity contribution is -0.144. The number of rotatable bonds is 4. The first-order valence-corrected chi connectivity index (χ1v) is 7.73. The predicted molar refractivity (Wildman–Crippen MR) is 85.9 cm³/mol. The van der Waals surface area contributed by atoms with E-state index >= 15 is 0 Å². The first kappa shape index (κ1) is 15.8. The Morgan fingerprint density at radius 2 is 1.95 bits per heavy atom. The quantitative estimate of drug-likeness (QED) is 0.797. The summed E-state index contributed by atoms with van der Waals surface area (Å²) in [4.78, 5) is 16.6. The number of anilines is 1. The maximum absolute atomic E-state index is 11.8. The number of likely N-dealkylation sites (N-methyl/N-ethyl adjacent to an activating group) is 1. The van der Waals surface area contributed by atoms with Crippen molar-refractivity contribution in [1.82, 2.24) is 4.90 Å². The zero-order valence-electron chi connectivity index (χ0n) is 13.6. The summed E-state index contributed by atoms with van der Waals surface area (Å²) in [5.74, 6) is -0.352. The molecule has 0 aliphatic carbocycles. The predicted octanol–water partition coefficient (Wildman–Crippen LogP) is 2.41. The van der Waals surface area contributed by atoms with Crippen molar-refractivity contribution in [2.75, 3.05) is 44.7 Å². The Bertz CT molecular complexity index is 494. The van der Waals surface area contributed by atoms with Gasteiger partial charge in [-0.1, -0.05) is 12.1 Å². The summed E-state index contributed by atoms with van der Waals surface area (Å²) < 4.78 is 5.10. The molecule has 21 heavy (non-hydrogen) atoms. The molecular weight excluding hydrogens is 264 g/mol. The zero-order chi connectivity index (χ0) is 15.4. The maximum atomic E-state index is 11.8. The third kappa shape index (κ3) is 3.76. The van der Waals surface area contributed by atoms with Gasteiger partial charge in [-0.05, 0) is 45.0 Å². The van der Waals surface area contributed by atoms with Gasteiger partial charge in [-0.3, -0.25) is 4.79 Å². The van der Waals surface area contributed by atoms with Crippen molar-refractivity contribution >= 4 is 11.7 Å². The highest BCUT2D eigenvalue weighted by Crippen LogP contribution is 2.26. The van der Waals surface area contributed by atoms with E-state index in [4.69, 9.17) is 4.74 Å². The molecule has 0 spiro atoms. The fourth-order valence-corrected chi connectivity index (χ4v) is 2.75. The van der Waals surface area contributed by atoms with Crippen molar-refractivity contribution in [3.8, 4) is 0 Å². The Morgan fingerprint density at radius 3 is 2.52 bits per heavy atom. The molecule has 1 aliphatic rings. The molecule has 1 fully saturated rings. The zero-order valence-corrected chi connectivity index (χ0v) is 13.6. The highest BCUT2D eigenvalue weighted by Gasteiger charge is 2.19. The van der Waals surface area contributed by atoms with E-state index in [2.05, 4.69) is 42.0 Å². The van der Waals surface area contributed by atoms with E-state index in [9.17, 15) is 4.79 Å². The Kier molecular flexibility index (Phi) is 5.23. The summed E-state index contributed by atoms with van der Waals surface area (Å²) in [6.07, 6.45) is 0. The van der Waals surface area contributed by atoms with Crippen LogP contribution in [-0.2, 0) is 9.53 Å². The third-order valence-corrected chi connectivity index (χ3v) is 4.20. The average Bonchev–Trinajstić information content (AvgIpc) is 2.48. The van der Waals surface area contributed by atoms with Gasteiger partial charge in [-0.15, -0.1) is 0 Å². The number of carbonyl (C=O) groups is 1. The normalized spacial score (nSPS) is 17.6. The van der Waals surface area contributed by atoms with Crippen LogP contribution < -0.4 is 4.90 Å². The molecule has 1 unspecified atom stereocenters. The van der Waals surface area contributed by atoms with Gasteiger partial charge >= 0.3 is 5.97 Å². The summed E-state index contributed by atoms with van der Waals surface area (Å²) >= 11 is 0. The number of aryl methyl sites for hydroxylation is 1. The van der Waals surface area contributed by atoms with Crippen LogP contribution in [0.5, 0.6) is 0 Å². The Morgan fingerprint density at radius 1 is 1.29 bits per heavy atom. The number of carbonyl (C=O) groups excluding carboxylic acids is 1. The van der Waals surface area contributed by atoms with Crippen LogP contribution in [-0.4, -0.2) is 50.7 Å². The second-order valence-corrected chi connectivity index (χ2v) is 5.81. The molecule has 4 heteroatoms. The Balaban J connectivity index is 2.12. The van der Waals surface area contributed by atoms with Crippen LogP contribution in [0.3, 0.4) is 0 Å². The van der Waals surface area contributed by atoms with Crippen molar-refractivity contribution in [1.29, 1.82) is 0 Å². The molecule has 1 aliphatic heterocycles. The van der Waals surface area contributed by atoms with Crippen LogP contribution in [0.15, 0.2) is 18.2 Å². The molecule has 2 rings (SSSR count). The number of esters is 1. The maximum Gasteiger partial charge on any atom is 0.313 e. The summed E-state index contributed by atoms with van der Waals surface area (Å²) in [6.45, 7) is 10.6. The first-order valence-electron chi connectivity index (χ1n) is 7.73. The fourth-order valence-electron chi connectivity index (χ4n) is 2.75. The molecule has 0 saturated carbocycles. The van der Waals surface area contributed by atoms with Gasteiger partial charge in [-0.2, -0.15) is 0 Å². The van der Waals surface area contributed by atoms with Crippen LogP contribution in [0.25, 0.3) is 0 Å². The summed E-state index contributed by atoms with van der Waals surface area (Å²) in [6, 6.07) is 6.32. The summed E-state index contributed by atoms with van der Waals surface area (Å²) in [5.41, 5.74) is 3.54. The number of ether oxygens (including phenoxy) is 1. The molecule has 1 saturated heterocycles. The Hall–Kier alpha value is -1.55. The monoisotopic (exact) mass is 290 g/mol. The van der Waals surface area contributed by atoms with Crippen molar-refractivity contribution in [3.05, 3.63) is 29.3 Å². The molecule has 0 N–H and O–H groups in total. The topological polar surface area (TPSA) is 32.8 Å². The highest BCUT2D eigenvalue weighted by atomic mass is 16.5. The highest BCUT2D eigenvalue weighted by molar-refractivity contribution is 5.78. The Labute approximate surface area is 127 Å². The standard InChI is InChI=1S/C17H26N2O2/c1-5-21-17(20)14(3)15-6-7-16(13(2)12-15)19-10-8-18(4)9-11-19/h6-7,12,14H,5,8-11H2,1-4H3. The molecule has 1 aromatic rings. The van der Waals surface area contributed by atoms with Crippen molar-refractivity contribution in [3.63, 3.8) is 0 Å². The van der Waals surface area contributed by atoms with Gasteiger partial charge in [0, 0.05) is 31.9 Å². The van der Waals surface area contributed by atoms with E-state index in [-0.39, 0.29) is 11.9 Å². The molecule has 0 radical (unpaired) electrons. The number of nitrogens with zero attached hydrogens (tertiary/aromatic N) is 2. The van der Waals surface area contributed by atoms with Gasteiger partial charge < -0.3 is 14.5 Å². The van der Waals surface area contributed by atoms with Crippen molar-refractivity contribution in [2.45, 2.75) is 26.7 Å². The van der Waals surface area contributed by atoms with Crippen LogP contribution in [0.2, 0.25) is 0 Å². The molecule has 0 bridgehead atoms. The largest absolute Gasteiger partial charge is 0.466 e. The van der Waals surface area contributed by atoms with Gasteiger partial charge in [0.25, 0.3) is 0 Å². The molecule has 1 heterocycles. The van der Waals surface area contributed by atoms with Crippen LogP contribution in [0.4, 0.5) is 5.69 Å².